The summed E-state index contributed by atoms with van der Waals surface area (Å²) in [6, 6.07) is 13.9. The second-order valence-electron chi connectivity index (χ2n) is 5.56. The van der Waals surface area contributed by atoms with E-state index >= 15 is 0 Å². The third-order valence-corrected chi connectivity index (χ3v) is 4.23. The number of nitrogens with two attached hydrogens (primary N) is 1. The van der Waals surface area contributed by atoms with Crippen LogP contribution >= 0.6 is 0 Å². The van der Waals surface area contributed by atoms with Crippen molar-refractivity contribution >= 4 is 27.5 Å². The van der Waals surface area contributed by atoms with Crippen molar-refractivity contribution in [2.45, 2.75) is 13.5 Å². The molecule has 0 aliphatic heterocycles. The Morgan fingerprint density at radius 2 is 1.83 bits per heavy atom. The number of benzene rings is 2. The molecule has 5 nitrogen and oxygen atoms in total. The molecule has 0 spiro atoms. The van der Waals surface area contributed by atoms with Crippen molar-refractivity contribution in [1.82, 2.24) is 14.8 Å². The first-order valence-electron chi connectivity index (χ1n) is 7.54. The van der Waals surface area contributed by atoms with Crippen molar-refractivity contribution < 1.29 is 0 Å². The molecule has 4 rings (SSSR count). The second-order valence-corrected chi connectivity index (χ2v) is 5.56. The van der Waals surface area contributed by atoms with Gasteiger partial charge in [0.25, 0.3) is 5.56 Å². The molecule has 0 saturated heterocycles. The molecule has 0 fully saturated rings. The number of aromatic nitrogens is 3. The molecule has 0 radical (unpaired) electrons. The normalized spacial score (nSPS) is 11.3. The Kier molecular flexibility index (Phi) is 2.94. The van der Waals surface area contributed by atoms with Crippen molar-refractivity contribution in [2.75, 3.05) is 5.73 Å². The highest BCUT2D eigenvalue weighted by atomic mass is 16.1. The maximum Gasteiger partial charge on any atom is 0.262 e. The van der Waals surface area contributed by atoms with Crippen LogP contribution < -0.4 is 11.3 Å². The number of nitrogens with zero attached hydrogens (tertiary/aromatic N) is 2. The number of aromatic amines is 1. The lowest BCUT2D eigenvalue weighted by Crippen LogP contribution is -2.19. The Balaban J connectivity index is 2.06. The summed E-state index contributed by atoms with van der Waals surface area (Å²) in [6.07, 6.45) is 1.59. The Labute approximate surface area is 132 Å². The highest BCUT2D eigenvalue weighted by molar-refractivity contribution is 6.04. The molecule has 4 aromatic rings. The summed E-state index contributed by atoms with van der Waals surface area (Å²) >= 11 is 0. The average Bonchev–Trinajstić information content (AvgIpc) is 3.06. The minimum absolute atomic E-state index is 0.0155. The van der Waals surface area contributed by atoms with Crippen LogP contribution in [0.3, 0.4) is 0 Å². The average molecular weight is 304 g/mol. The van der Waals surface area contributed by atoms with E-state index in [1.54, 1.807) is 10.8 Å². The van der Waals surface area contributed by atoms with E-state index in [1.807, 2.05) is 43.3 Å². The molecule has 0 bridgehead atoms. The van der Waals surface area contributed by atoms with Crippen LogP contribution in [-0.4, -0.2) is 14.8 Å². The largest absolute Gasteiger partial charge is 0.399 e. The first-order valence-corrected chi connectivity index (χ1v) is 7.54. The van der Waals surface area contributed by atoms with Crippen molar-refractivity contribution in [2.24, 2.45) is 0 Å². The maximum atomic E-state index is 12.6. The van der Waals surface area contributed by atoms with Crippen LogP contribution in [0.15, 0.2) is 53.5 Å². The van der Waals surface area contributed by atoms with Crippen LogP contribution in [0.25, 0.3) is 32.9 Å². The van der Waals surface area contributed by atoms with E-state index in [0.717, 1.165) is 33.2 Å². The summed E-state index contributed by atoms with van der Waals surface area (Å²) in [6.45, 7) is 2.59. The Bertz CT molecular complexity index is 1070. The first-order chi connectivity index (χ1) is 11.2. The van der Waals surface area contributed by atoms with Gasteiger partial charge in [-0.3, -0.25) is 9.89 Å². The van der Waals surface area contributed by atoms with Crippen LogP contribution in [0.5, 0.6) is 0 Å². The monoisotopic (exact) mass is 304 g/mol. The molecule has 2 aromatic carbocycles. The number of anilines is 1. The molecule has 5 heteroatoms. The summed E-state index contributed by atoms with van der Waals surface area (Å²) in [4.78, 5) is 12.6. The lowest BCUT2D eigenvalue weighted by atomic mass is 10.0. The van der Waals surface area contributed by atoms with Crippen molar-refractivity contribution in [1.29, 1.82) is 0 Å². The minimum Gasteiger partial charge on any atom is -0.399 e. The molecule has 0 amide bonds. The number of nitrogen functional groups attached to an aromatic ring is 1. The highest BCUT2D eigenvalue weighted by Gasteiger charge is 2.12. The molecule has 0 aliphatic rings. The Hall–Kier alpha value is -3.08. The SMILES string of the molecule is CCn1c(=O)c2cn[nH]c2c2ccc(-c3ccc(N)cc3)cc21. The third kappa shape index (κ3) is 2.01. The predicted molar refractivity (Wildman–Crippen MR) is 93.4 cm³/mol. The van der Waals surface area contributed by atoms with Crippen LogP contribution in [0.1, 0.15) is 6.92 Å². The molecule has 23 heavy (non-hydrogen) atoms. The van der Waals surface area contributed by atoms with Gasteiger partial charge in [0.1, 0.15) is 0 Å². The quantitative estimate of drug-likeness (QED) is 0.558. The molecule has 2 heterocycles. The lowest BCUT2D eigenvalue weighted by molar-refractivity contribution is 0.767. The lowest BCUT2D eigenvalue weighted by Gasteiger charge is -2.11. The van der Waals surface area contributed by atoms with Crippen LogP contribution in [0.2, 0.25) is 0 Å². The Morgan fingerprint density at radius 1 is 1.09 bits per heavy atom. The molecule has 0 atom stereocenters. The molecule has 0 saturated carbocycles. The van der Waals surface area contributed by atoms with Crippen molar-refractivity contribution in [3.63, 3.8) is 0 Å². The standard InChI is InChI=1S/C18H16N4O/c1-2-22-16-9-12(11-3-6-13(19)7-4-11)5-8-14(16)17-15(18(22)23)10-20-21-17/h3-10H,2,19H2,1H3,(H,20,21). The minimum atomic E-state index is -0.0155. The van der Waals surface area contributed by atoms with E-state index in [0.29, 0.717) is 11.9 Å². The van der Waals surface area contributed by atoms with Crippen molar-refractivity contribution in [3.8, 4) is 11.1 Å². The van der Waals surface area contributed by atoms with E-state index in [-0.39, 0.29) is 5.56 Å². The number of hydrogen-bond donors (Lipinski definition) is 2. The van der Waals surface area contributed by atoms with E-state index in [9.17, 15) is 4.79 Å². The molecular formula is C18H16N4O. The number of rotatable bonds is 2. The van der Waals surface area contributed by atoms with E-state index < -0.39 is 0 Å². The van der Waals surface area contributed by atoms with Gasteiger partial charge in [-0.15, -0.1) is 0 Å². The van der Waals surface area contributed by atoms with E-state index in [2.05, 4.69) is 16.3 Å². The summed E-state index contributed by atoms with van der Waals surface area (Å²) in [7, 11) is 0. The van der Waals surface area contributed by atoms with Gasteiger partial charge in [0.05, 0.1) is 22.6 Å². The maximum absolute atomic E-state index is 12.6. The zero-order chi connectivity index (χ0) is 16.0. The fraction of sp³-hybridized carbons (Fsp3) is 0.111. The summed E-state index contributed by atoms with van der Waals surface area (Å²) in [5.74, 6) is 0. The van der Waals surface area contributed by atoms with Crippen LogP contribution in [0, 0.1) is 0 Å². The summed E-state index contributed by atoms with van der Waals surface area (Å²) < 4.78 is 1.79. The number of nitrogens with one attached hydrogen (secondary N) is 1. The molecule has 2 aromatic heterocycles. The highest BCUT2D eigenvalue weighted by Crippen LogP contribution is 2.27. The van der Waals surface area contributed by atoms with Gasteiger partial charge in [-0.1, -0.05) is 24.3 Å². The number of hydrogen-bond acceptors (Lipinski definition) is 3. The van der Waals surface area contributed by atoms with Gasteiger partial charge in [-0.05, 0) is 36.2 Å². The van der Waals surface area contributed by atoms with E-state index in [1.165, 1.54) is 0 Å². The van der Waals surface area contributed by atoms with Gasteiger partial charge < -0.3 is 10.3 Å². The number of pyridine rings is 1. The molecule has 3 N–H and O–H groups in total. The number of H-pyrrole nitrogens is 1. The molecule has 0 unspecified atom stereocenters. The topological polar surface area (TPSA) is 76.7 Å². The van der Waals surface area contributed by atoms with Gasteiger partial charge in [0, 0.05) is 17.6 Å². The zero-order valence-electron chi connectivity index (χ0n) is 12.7. The number of aryl methyl sites for hydroxylation is 1. The van der Waals surface area contributed by atoms with Crippen LogP contribution in [0.4, 0.5) is 5.69 Å². The fourth-order valence-corrected chi connectivity index (χ4v) is 3.04. The van der Waals surface area contributed by atoms with E-state index in [4.69, 9.17) is 5.73 Å². The molecular weight excluding hydrogens is 288 g/mol. The smallest absolute Gasteiger partial charge is 0.262 e. The number of fused-ring (bicyclic) bond motifs is 3. The van der Waals surface area contributed by atoms with Gasteiger partial charge in [-0.2, -0.15) is 5.10 Å². The van der Waals surface area contributed by atoms with Gasteiger partial charge in [0.15, 0.2) is 0 Å². The second kappa shape index (κ2) is 4.98. The first kappa shape index (κ1) is 13.6. The van der Waals surface area contributed by atoms with Gasteiger partial charge in [-0.25, -0.2) is 0 Å². The van der Waals surface area contributed by atoms with Crippen molar-refractivity contribution in [3.05, 3.63) is 59.0 Å². The summed E-state index contributed by atoms with van der Waals surface area (Å²) in [5.41, 5.74) is 10.3. The fourth-order valence-electron chi connectivity index (χ4n) is 3.04. The summed E-state index contributed by atoms with van der Waals surface area (Å²) in [5, 5.41) is 8.59. The molecule has 114 valence electrons. The van der Waals surface area contributed by atoms with Gasteiger partial charge in [0.2, 0.25) is 0 Å². The third-order valence-electron chi connectivity index (χ3n) is 4.23. The van der Waals surface area contributed by atoms with Gasteiger partial charge >= 0.3 is 0 Å². The van der Waals surface area contributed by atoms with Crippen LogP contribution in [-0.2, 0) is 6.54 Å². The molecule has 0 aliphatic carbocycles. The Morgan fingerprint density at radius 3 is 2.57 bits per heavy atom. The zero-order valence-corrected chi connectivity index (χ0v) is 12.7. The predicted octanol–water partition coefficient (Wildman–Crippen LogP) is 3.15.